The molecule has 0 aliphatic carbocycles. The van der Waals surface area contributed by atoms with Gasteiger partial charge in [-0.3, -0.25) is 9.59 Å². The Labute approximate surface area is 166 Å². The molecule has 1 atom stereocenters. The molecule has 3 rings (SSSR count). The van der Waals surface area contributed by atoms with Crippen LogP contribution in [-0.4, -0.2) is 84.1 Å². The number of aromatic nitrogens is 2. The number of hydrogen-bond acceptors (Lipinski definition) is 7. The van der Waals surface area contributed by atoms with Crippen molar-refractivity contribution >= 4 is 23.6 Å². The van der Waals surface area contributed by atoms with Crippen LogP contribution in [0.1, 0.15) is 43.2 Å². The molecular formula is C19H30N6O3. The second-order valence-electron chi connectivity index (χ2n) is 7.35. The van der Waals surface area contributed by atoms with Crippen molar-refractivity contribution in [2.24, 2.45) is 0 Å². The average molecular weight is 390 g/mol. The molecule has 1 unspecified atom stereocenters. The molecule has 0 saturated carbocycles. The van der Waals surface area contributed by atoms with Gasteiger partial charge in [-0.2, -0.15) is 4.98 Å². The molecule has 154 valence electrons. The second-order valence-corrected chi connectivity index (χ2v) is 7.35. The zero-order valence-electron chi connectivity index (χ0n) is 17.2. The van der Waals surface area contributed by atoms with Crippen molar-refractivity contribution < 1.29 is 14.3 Å². The fraction of sp³-hybridized carbons (Fsp3) is 0.684. The van der Waals surface area contributed by atoms with Crippen LogP contribution < -0.4 is 10.2 Å². The van der Waals surface area contributed by atoms with E-state index < -0.39 is 0 Å². The van der Waals surface area contributed by atoms with Crippen LogP contribution in [0.15, 0.2) is 0 Å². The van der Waals surface area contributed by atoms with Crippen molar-refractivity contribution in [1.29, 1.82) is 0 Å². The Morgan fingerprint density at radius 3 is 2.57 bits per heavy atom. The van der Waals surface area contributed by atoms with Gasteiger partial charge in [0.1, 0.15) is 11.5 Å². The Morgan fingerprint density at radius 1 is 1.25 bits per heavy atom. The van der Waals surface area contributed by atoms with Crippen LogP contribution in [0.3, 0.4) is 0 Å². The summed E-state index contributed by atoms with van der Waals surface area (Å²) in [5.41, 5.74) is 1.34. The first kappa shape index (κ1) is 20.3. The molecule has 1 aromatic heterocycles. The van der Waals surface area contributed by atoms with Gasteiger partial charge in [-0.05, 0) is 13.3 Å². The predicted octanol–water partition coefficient (Wildman–Crippen LogP) is 0.958. The van der Waals surface area contributed by atoms with Crippen LogP contribution in [-0.2, 0) is 16.1 Å². The number of amides is 2. The minimum atomic E-state index is -0.0364. The van der Waals surface area contributed by atoms with E-state index in [1.807, 2.05) is 21.6 Å². The number of anilines is 2. The number of rotatable bonds is 7. The SMILES string of the molecule is CCCN1Cc2c(NCC(C)OC)nc(N3CCN(C(C)=O)CC3)nc2C1=O. The number of fused-ring (bicyclic) bond motifs is 1. The monoisotopic (exact) mass is 390 g/mol. The summed E-state index contributed by atoms with van der Waals surface area (Å²) in [5.74, 6) is 1.28. The summed E-state index contributed by atoms with van der Waals surface area (Å²) in [6.07, 6.45) is 0.924. The van der Waals surface area contributed by atoms with Gasteiger partial charge in [0.2, 0.25) is 11.9 Å². The lowest BCUT2D eigenvalue weighted by molar-refractivity contribution is -0.129. The molecule has 3 heterocycles. The summed E-state index contributed by atoms with van der Waals surface area (Å²) in [5, 5.41) is 3.34. The van der Waals surface area contributed by atoms with E-state index in [2.05, 4.69) is 17.2 Å². The Morgan fingerprint density at radius 2 is 1.96 bits per heavy atom. The zero-order chi connectivity index (χ0) is 20.3. The van der Waals surface area contributed by atoms with E-state index in [1.54, 1.807) is 14.0 Å². The maximum Gasteiger partial charge on any atom is 0.273 e. The predicted molar refractivity (Wildman–Crippen MR) is 106 cm³/mol. The molecule has 28 heavy (non-hydrogen) atoms. The molecule has 2 aliphatic rings. The lowest BCUT2D eigenvalue weighted by Gasteiger charge is -2.34. The van der Waals surface area contributed by atoms with Gasteiger partial charge in [0.15, 0.2) is 0 Å². The van der Waals surface area contributed by atoms with Gasteiger partial charge in [-0.25, -0.2) is 4.98 Å². The summed E-state index contributed by atoms with van der Waals surface area (Å²) in [7, 11) is 1.67. The molecule has 0 bridgehead atoms. The summed E-state index contributed by atoms with van der Waals surface area (Å²) < 4.78 is 5.32. The van der Waals surface area contributed by atoms with E-state index in [0.29, 0.717) is 63.3 Å². The Balaban J connectivity index is 1.86. The summed E-state index contributed by atoms with van der Waals surface area (Å²) in [6, 6.07) is 0. The van der Waals surface area contributed by atoms with Crippen molar-refractivity contribution in [3.63, 3.8) is 0 Å². The highest BCUT2D eigenvalue weighted by atomic mass is 16.5. The minimum Gasteiger partial charge on any atom is -0.380 e. The molecule has 9 heteroatoms. The number of ether oxygens (including phenoxy) is 1. The molecule has 0 aromatic carbocycles. The fourth-order valence-corrected chi connectivity index (χ4v) is 3.49. The number of nitrogens with one attached hydrogen (secondary N) is 1. The van der Waals surface area contributed by atoms with Crippen molar-refractivity contribution in [1.82, 2.24) is 19.8 Å². The molecule has 1 fully saturated rings. The second kappa shape index (κ2) is 8.72. The van der Waals surface area contributed by atoms with E-state index in [9.17, 15) is 9.59 Å². The van der Waals surface area contributed by atoms with Gasteiger partial charge in [0.25, 0.3) is 5.91 Å². The van der Waals surface area contributed by atoms with Crippen LogP contribution in [0.4, 0.5) is 11.8 Å². The van der Waals surface area contributed by atoms with Gasteiger partial charge in [0.05, 0.1) is 12.6 Å². The molecule has 1 aromatic rings. The summed E-state index contributed by atoms with van der Waals surface area (Å²) in [6.45, 7) is 10.0. The summed E-state index contributed by atoms with van der Waals surface area (Å²) >= 11 is 0. The van der Waals surface area contributed by atoms with Gasteiger partial charge >= 0.3 is 0 Å². The smallest absolute Gasteiger partial charge is 0.273 e. The molecule has 1 saturated heterocycles. The van der Waals surface area contributed by atoms with Gasteiger partial charge in [0, 0.05) is 58.9 Å². The van der Waals surface area contributed by atoms with Crippen LogP contribution in [0.2, 0.25) is 0 Å². The standard InChI is InChI=1S/C19H30N6O3/c1-5-6-25-12-15-16(18(25)27)21-19(22-17(15)20-11-13(2)28-4)24-9-7-23(8-10-24)14(3)26/h13H,5-12H2,1-4H3,(H,20,21,22). The van der Waals surface area contributed by atoms with E-state index in [-0.39, 0.29) is 17.9 Å². The van der Waals surface area contributed by atoms with Crippen molar-refractivity contribution in [3.05, 3.63) is 11.3 Å². The maximum atomic E-state index is 12.8. The molecule has 0 spiro atoms. The quantitative estimate of drug-likeness (QED) is 0.741. The van der Waals surface area contributed by atoms with Crippen LogP contribution >= 0.6 is 0 Å². The maximum absolute atomic E-state index is 12.8. The Bertz CT molecular complexity index is 733. The molecule has 9 nitrogen and oxygen atoms in total. The first-order chi connectivity index (χ1) is 13.4. The lowest BCUT2D eigenvalue weighted by atomic mass is 10.2. The lowest BCUT2D eigenvalue weighted by Crippen LogP contribution is -2.48. The number of methoxy groups -OCH3 is 1. The van der Waals surface area contributed by atoms with Gasteiger partial charge < -0.3 is 24.8 Å². The average Bonchev–Trinajstić information content (AvgIpc) is 3.02. The van der Waals surface area contributed by atoms with Crippen LogP contribution in [0.25, 0.3) is 0 Å². The molecule has 2 amide bonds. The van der Waals surface area contributed by atoms with Crippen LogP contribution in [0, 0.1) is 0 Å². The van der Waals surface area contributed by atoms with Crippen molar-refractivity contribution in [2.45, 2.75) is 39.8 Å². The third kappa shape index (κ3) is 4.19. The number of hydrogen-bond donors (Lipinski definition) is 1. The normalized spacial score (nSPS) is 17.7. The van der Waals surface area contributed by atoms with E-state index in [4.69, 9.17) is 9.72 Å². The van der Waals surface area contributed by atoms with Crippen LogP contribution in [0.5, 0.6) is 0 Å². The third-order valence-corrected chi connectivity index (χ3v) is 5.29. The van der Waals surface area contributed by atoms with Gasteiger partial charge in [-0.15, -0.1) is 0 Å². The minimum absolute atomic E-state index is 0.0250. The fourth-order valence-electron chi connectivity index (χ4n) is 3.49. The topological polar surface area (TPSA) is 90.9 Å². The Kier molecular flexibility index (Phi) is 6.33. The number of carbonyl (C=O) groups is 2. The number of nitrogens with zero attached hydrogens (tertiary/aromatic N) is 5. The molecular weight excluding hydrogens is 360 g/mol. The van der Waals surface area contributed by atoms with E-state index in [1.165, 1.54) is 0 Å². The molecule has 1 N–H and O–H groups in total. The largest absolute Gasteiger partial charge is 0.380 e. The van der Waals surface area contributed by atoms with Crippen molar-refractivity contribution in [3.8, 4) is 0 Å². The highest BCUT2D eigenvalue weighted by Crippen LogP contribution is 2.29. The molecule has 0 radical (unpaired) electrons. The highest BCUT2D eigenvalue weighted by molar-refractivity contribution is 5.98. The number of carbonyl (C=O) groups excluding carboxylic acids is 2. The van der Waals surface area contributed by atoms with E-state index >= 15 is 0 Å². The number of piperazine rings is 1. The first-order valence-corrected chi connectivity index (χ1v) is 9.91. The molecule has 2 aliphatic heterocycles. The van der Waals surface area contributed by atoms with Crippen molar-refractivity contribution in [2.75, 3.05) is 56.6 Å². The zero-order valence-corrected chi connectivity index (χ0v) is 17.2. The summed E-state index contributed by atoms with van der Waals surface area (Å²) in [4.78, 5) is 39.4. The third-order valence-electron chi connectivity index (χ3n) is 5.29. The highest BCUT2D eigenvalue weighted by Gasteiger charge is 2.33. The Hall–Kier alpha value is -2.42. The first-order valence-electron chi connectivity index (χ1n) is 9.91. The van der Waals surface area contributed by atoms with E-state index in [0.717, 1.165) is 12.0 Å². The van der Waals surface area contributed by atoms with Gasteiger partial charge in [-0.1, -0.05) is 6.92 Å².